The normalized spacial score (nSPS) is 14.5. The molecule has 1 aliphatic heterocycles. The molecule has 0 aliphatic carbocycles. The van der Waals surface area contributed by atoms with Crippen molar-refractivity contribution in [3.8, 4) is 0 Å². The first-order chi connectivity index (χ1) is 9.46. The summed E-state index contributed by atoms with van der Waals surface area (Å²) in [4.78, 5) is 25.0. The maximum atomic E-state index is 12.0. The van der Waals surface area contributed by atoms with E-state index in [1.165, 1.54) is 6.08 Å². The Morgan fingerprint density at radius 1 is 1.15 bits per heavy atom. The van der Waals surface area contributed by atoms with E-state index in [4.69, 9.17) is 0 Å². The van der Waals surface area contributed by atoms with E-state index >= 15 is 0 Å². The minimum Gasteiger partial charge on any atom is -0.273 e. The topological polar surface area (TPSA) is 83.6 Å². The average molecular weight is 294 g/mol. The van der Waals surface area contributed by atoms with E-state index in [1.54, 1.807) is 24.3 Å². The largest absolute Gasteiger partial charge is 0.273 e. The molecule has 0 saturated heterocycles. The third-order valence-corrected chi connectivity index (χ3v) is 4.24. The fourth-order valence-electron chi connectivity index (χ4n) is 1.91. The molecule has 1 aromatic carbocycles. The number of sulfonamides is 1. The van der Waals surface area contributed by atoms with Crippen molar-refractivity contribution in [1.82, 2.24) is 9.62 Å². The number of fused-ring (bicyclic) bond motifs is 1. The number of carbonyl (C=O) groups excluding carboxylic acids is 2. The van der Waals surface area contributed by atoms with Crippen molar-refractivity contribution >= 4 is 21.8 Å². The summed E-state index contributed by atoms with van der Waals surface area (Å²) in [6.07, 6.45) is 1.42. The second-order valence-corrected chi connectivity index (χ2v) is 6.19. The Kier molecular flexibility index (Phi) is 4.01. The predicted octanol–water partition coefficient (Wildman–Crippen LogP) is 0.388. The third kappa shape index (κ3) is 2.78. The molecule has 1 aliphatic rings. The van der Waals surface area contributed by atoms with Crippen molar-refractivity contribution in [2.45, 2.75) is 0 Å². The molecule has 0 radical (unpaired) electrons. The lowest BCUT2D eigenvalue weighted by Crippen LogP contribution is -2.37. The lowest BCUT2D eigenvalue weighted by Gasteiger charge is -2.13. The van der Waals surface area contributed by atoms with Crippen LogP contribution in [0, 0.1) is 0 Å². The number of amides is 2. The van der Waals surface area contributed by atoms with Crippen LogP contribution in [0.25, 0.3) is 0 Å². The van der Waals surface area contributed by atoms with Crippen LogP contribution in [0.5, 0.6) is 0 Å². The molecule has 0 fully saturated rings. The van der Waals surface area contributed by atoms with E-state index in [1.807, 2.05) is 0 Å². The molecule has 1 N–H and O–H groups in total. The van der Waals surface area contributed by atoms with Crippen LogP contribution >= 0.6 is 0 Å². The fraction of sp³-hybridized carbons (Fsp3) is 0.231. The highest BCUT2D eigenvalue weighted by atomic mass is 32.2. The van der Waals surface area contributed by atoms with Crippen molar-refractivity contribution in [2.75, 3.05) is 18.8 Å². The molecule has 0 bridgehead atoms. The molecular weight excluding hydrogens is 280 g/mol. The minimum atomic E-state index is -3.53. The standard InChI is InChI=1S/C13H14N2O4S/c1-2-7-14-20(18,19)9-8-15-12(16)10-5-3-4-6-11(10)13(15)17/h2-6,14H,1,7-9H2. The molecule has 1 aromatic rings. The summed E-state index contributed by atoms with van der Waals surface area (Å²) >= 11 is 0. The highest BCUT2D eigenvalue weighted by molar-refractivity contribution is 7.89. The lowest BCUT2D eigenvalue weighted by molar-refractivity contribution is 0.0664. The Morgan fingerprint density at radius 3 is 2.20 bits per heavy atom. The zero-order chi connectivity index (χ0) is 14.8. The van der Waals surface area contributed by atoms with Gasteiger partial charge in [-0.3, -0.25) is 14.5 Å². The summed E-state index contributed by atoms with van der Waals surface area (Å²) in [7, 11) is -3.53. The Balaban J connectivity index is 2.08. The van der Waals surface area contributed by atoms with Crippen LogP contribution in [-0.2, 0) is 10.0 Å². The van der Waals surface area contributed by atoms with Crippen molar-refractivity contribution in [3.63, 3.8) is 0 Å². The molecular formula is C13H14N2O4S. The van der Waals surface area contributed by atoms with Gasteiger partial charge in [-0.05, 0) is 12.1 Å². The predicted molar refractivity (Wildman–Crippen MR) is 73.8 cm³/mol. The monoisotopic (exact) mass is 294 g/mol. The van der Waals surface area contributed by atoms with Gasteiger partial charge in [-0.1, -0.05) is 18.2 Å². The first-order valence-corrected chi connectivity index (χ1v) is 7.65. The molecule has 7 heteroatoms. The summed E-state index contributed by atoms with van der Waals surface area (Å²) in [6, 6.07) is 6.44. The van der Waals surface area contributed by atoms with E-state index in [0.717, 1.165) is 4.90 Å². The minimum absolute atomic E-state index is 0.116. The summed E-state index contributed by atoms with van der Waals surface area (Å²) in [5.41, 5.74) is 0.628. The Bertz CT molecular complexity index is 632. The van der Waals surface area contributed by atoms with Crippen LogP contribution in [0.15, 0.2) is 36.9 Å². The molecule has 0 aromatic heterocycles. The first kappa shape index (κ1) is 14.4. The summed E-state index contributed by atoms with van der Waals surface area (Å²) in [5, 5.41) is 0. The number of rotatable bonds is 6. The van der Waals surface area contributed by atoms with Gasteiger partial charge >= 0.3 is 0 Å². The van der Waals surface area contributed by atoms with Gasteiger partial charge in [0.2, 0.25) is 10.0 Å². The van der Waals surface area contributed by atoms with Crippen LogP contribution in [0.3, 0.4) is 0 Å². The van der Waals surface area contributed by atoms with Crippen molar-refractivity contribution in [3.05, 3.63) is 48.0 Å². The van der Waals surface area contributed by atoms with Gasteiger partial charge in [-0.15, -0.1) is 6.58 Å². The van der Waals surface area contributed by atoms with E-state index in [9.17, 15) is 18.0 Å². The number of benzene rings is 1. The average Bonchev–Trinajstić information content (AvgIpc) is 2.67. The lowest BCUT2D eigenvalue weighted by atomic mass is 10.1. The Labute approximate surface area is 117 Å². The quantitative estimate of drug-likeness (QED) is 0.607. The zero-order valence-corrected chi connectivity index (χ0v) is 11.5. The van der Waals surface area contributed by atoms with Gasteiger partial charge in [-0.2, -0.15) is 0 Å². The Morgan fingerprint density at radius 2 is 1.70 bits per heavy atom. The third-order valence-electron chi connectivity index (χ3n) is 2.91. The number of nitrogens with one attached hydrogen (secondary N) is 1. The van der Waals surface area contributed by atoms with Crippen LogP contribution < -0.4 is 4.72 Å². The Hall–Kier alpha value is -1.99. The summed E-state index contributed by atoms with van der Waals surface area (Å²) < 4.78 is 25.5. The van der Waals surface area contributed by atoms with Crippen molar-refractivity contribution < 1.29 is 18.0 Å². The first-order valence-electron chi connectivity index (χ1n) is 6.00. The van der Waals surface area contributed by atoms with Crippen LogP contribution in [0.1, 0.15) is 20.7 Å². The van der Waals surface area contributed by atoms with E-state index in [0.29, 0.717) is 11.1 Å². The smallest absolute Gasteiger partial charge is 0.261 e. The van der Waals surface area contributed by atoms with E-state index < -0.39 is 21.8 Å². The number of hydrogen-bond donors (Lipinski definition) is 1. The summed E-state index contributed by atoms with van der Waals surface area (Å²) in [6.45, 7) is 3.35. The molecule has 0 saturated carbocycles. The molecule has 0 spiro atoms. The zero-order valence-electron chi connectivity index (χ0n) is 10.7. The number of carbonyl (C=O) groups is 2. The van der Waals surface area contributed by atoms with Gasteiger partial charge in [0.15, 0.2) is 0 Å². The SMILES string of the molecule is C=CCNS(=O)(=O)CCN1C(=O)c2ccccc2C1=O. The van der Waals surface area contributed by atoms with E-state index in [2.05, 4.69) is 11.3 Å². The molecule has 2 amide bonds. The van der Waals surface area contributed by atoms with E-state index in [-0.39, 0.29) is 18.8 Å². The van der Waals surface area contributed by atoms with Crippen molar-refractivity contribution in [2.24, 2.45) is 0 Å². The molecule has 20 heavy (non-hydrogen) atoms. The maximum absolute atomic E-state index is 12.0. The van der Waals surface area contributed by atoms with Gasteiger partial charge in [0.05, 0.1) is 16.9 Å². The molecule has 106 valence electrons. The highest BCUT2D eigenvalue weighted by Crippen LogP contribution is 2.21. The fourth-order valence-corrected chi connectivity index (χ4v) is 2.85. The molecule has 0 unspecified atom stereocenters. The highest BCUT2D eigenvalue weighted by Gasteiger charge is 2.35. The molecule has 6 nitrogen and oxygen atoms in total. The second-order valence-electron chi connectivity index (χ2n) is 4.26. The van der Waals surface area contributed by atoms with Crippen LogP contribution in [-0.4, -0.2) is 44.0 Å². The summed E-state index contributed by atoms with van der Waals surface area (Å²) in [5.74, 6) is -1.24. The van der Waals surface area contributed by atoms with Gasteiger partial charge in [0.1, 0.15) is 0 Å². The number of hydrogen-bond acceptors (Lipinski definition) is 4. The van der Waals surface area contributed by atoms with Crippen LogP contribution in [0.4, 0.5) is 0 Å². The maximum Gasteiger partial charge on any atom is 0.261 e. The van der Waals surface area contributed by atoms with Gasteiger partial charge in [0, 0.05) is 13.1 Å². The van der Waals surface area contributed by atoms with Crippen LogP contribution in [0.2, 0.25) is 0 Å². The molecule has 2 rings (SSSR count). The van der Waals surface area contributed by atoms with Crippen molar-refractivity contribution in [1.29, 1.82) is 0 Å². The second kappa shape index (κ2) is 5.56. The molecule has 0 atom stereocenters. The van der Waals surface area contributed by atoms with Gasteiger partial charge in [-0.25, -0.2) is 13.1 Å². The van der Waals surface area contributed by atoms with Gasteiger partial charge in [0.25, 0.3) is 11.8 Å². The number of imide groups is 1. The van der Waals surface area contributed by atoms with Gasteiger partial charge < -0.3 is 0 Å². The number of nitrogens with zero attached hydrogens (tertiary/aromatic N) is 1. The molecule has 1 heterocycles.